The van der Waals surface area contributed by atoms with Crippen LogP contribution in [0.15, 0.2) is 46.4 Å². The van der Waals surface area contributed by atoms with Crippen LogP contribution in [-0.4, -0.2) is 16.6 Å². The minimum Gasteiger partial charge on any atom is -0.321 e. The number of nitrogens with zero attached hydrogens (tertiary/aromatic N) is 2. The van der Waals surface area contributed by atoms with Gasteiger partial charge in [0.15, 0.2) is 5.17 Å². The number of aliphatic imine (C=N–C) groups is 1. The molecular weight excluding hydrogens is 228 g/mol. The largest absolute Gasteiger partial charge is 0.321 e. The van der Waals surface area contributed by atoms with Crippen molar-refractivity contribution in [2.24, 2.45) is 10.9 Å². The van der Waals surface area contributed by atoms with E-state index in [1.165, 1.54) is 16.4 Å². The Bertz CT molecular complexity index is 476. The summed E-state index contributed by atoms with van der Waals surface area (Å²) in [5, 5.41) is 3.41. The topological polar surface area (TPSA) is 15.6 Å². The molecule has 0 saturated heterocycles. The molecule has 2 nitrogen and oxygen atoms in total. The van der Waals surface area contributed by atoms with Gasteiger partial charge in [-0.25, -0.2) is 0 Å². The van der Waals surface area contributed by atoms with Gasteiger partial charge in [0, 0.05) is 5.70 Å². The molecule has 0 saturated carbocycles. The van der Waals surface area contributed by atoms with E-state index < -0.39 is 0 Å². The molecular formula is C14H16N2S. The van der Waals surface area contributed by atoms with Gasteiger partial charge < -0.3 is 4.90 Å². The molecule has 1 unspecified atom stereocenters. The molecule has 2 heterocycles. The summed E-state index contributed by atoms with van der Waals surface area (Å²) < 4.78 is 0. The third-order valence-electron chi connectivity index (χ3n) is 3.23. The fourth-order valence-electron chi connectivity index (χ4n) is 2.28. The van der Waals surface area contributed by atoms with Gasteiger partial charge in [0.25, 0.3) is 0 Å². The number of fused-ring (bicyclic) bond motifs is 1. The Morgan fingerprint density at radius 1 is 1.29 bits per heavy atom. The first-order valence-corrected chi connectivity index (χ1v) is 6.90. The van der Waals surface area contributed by atoms with Gasteiger partial charge >= 0.3 is 0 Å². The standard InChI is InChI=1S/C14H16N2S/c1-10(2)13-9-17-14-15-12(8-16(13)14)11-6-4-3-5-7-11/h3-7,9-10,12H,8H2,1-2H3. The van der Waals surface area contributed by atoms with Gasteiger partial charge in [0.2, 0.25) is 0 Å². The fourth-order valence-corrected chi connectivity index (χ4v) is 3.41. The summed E-state index contributed by atoms with van der Waals surface area (Å²) in [5.41, 5.74) is 2.73. The predicted octanol–water partition coefficient (Wildman–Crippen LogP) is 3.64. The molecule has 0 bridgehead atoms. The molecule has 17 heavy (non-hydrogen) atoms. The molecule has 3 heteroatoms. The Morgan fingerprint density at radius 3 is 2.76 bits per heavy atom. The molecule has 0 aliphatic carbocycles. The lowest BCUT2D eigenvalue weighted by atomic mass is 10.1. The Kier molecular flexibility index (Phi) is 2.71. The fraction of sp³-hybridized carbons (Fsp3) is 0.357. The number of amidine groups is 1. The normalized spacial score (nSPS) is 22.8. The average molecular weight is 244 g/mol. The second-order valence-electron chi connectivity index (χ2n) is 4.76. The monoisotopic (exact) mass is 244 g/mol. The second kappa shape index (κ2) is 4.22. The van der Waals surface area contributed by atoms with Crippen molar-refractivity contribution in [2.75, 3.05) is 6.54 Å². The van der Waals surface area contributed by atoms with E-state index in [-0.39, 0.29) is 0 Å². The molecule has 3 rings (SSSR count). The predicted molar refractivity (Wildman–Crippen MR) is 73.8 cm³/mol. The first-order chi connectivity index (χ1) is 8.25. The number of hydrogen-bond donors (Lipinski definition) is 0. The summed E-state index contributed by atoms with van der Waals surface area (Å²) in [6.07, 6.45) is 0. The van der Waals surface area contributed by atoms with Gasteiger partial charge in [-0.2, -0.15) is 0 Å². The van der Waals surface area contributed by atoms with Crippen LogP contribution >= 0.6 is 11.8 Å². The number of hydrogen-bond acceptors (Lipinski definition) is 3. The molecule has 2 aliphatic heterocycles. The van der Waals surface area contributed by atoms with Crippen molar-refractivity contribution >= 4 is 16.9 Å². The molecule has 0 amide bonds. The Morgan fingerprint density at radius 2 is 2.06 bits per heavy atom. The van der Waals surface area contributed by atoms with Crippen molar-refractivity contribution in [1.82, 2.24) is 4.90 Å². The Balaban J connectivity index is 1.82. The maximum atomic E-state index is 4.81. The maximum absolute atomic E-state index is 4.81. The van der Waals surface area contributed by atoms with Crippen LogP contribution in [0.3, 0.4) is 0 Å². The highest BCUT2D eigenvalue weighted by molar-refractivity contribution is 8.16. The van der Waals surface area contributed by atoms with Crippen molar-refractivity contribution in [3.05, 3.63) is 47.0 Å². The summed E-state index contributed by atoms with van der Waals surface area (Å²) in [5.74, 6) is 0.574. The van der Waals surface area contributed by atoms with Crippen LogP contribution < -0.4 is 0 Å². The van der Waals surface area contributed by atoms with Gasteiger partial charge in [-0.15, -0.1) is 0 Å². The van der Waals surface area contributed by atoms with Gasteiger partial charge in [0.05, 0.1) is 12.6 Å². The molecule has 0 aromatic heterocycles. The highest BCUT2D eigenvalue weighted by atomic mass is 32.2. The van der Waals surface area contributed by atoms with E-state index in [4.69, 9.17) is 4.99 Å². The zero-order chi connectivity index (χ0) is 11.8. The van der Waals surface area contributed by atoms with Crippen LogP contribution in [0.25, 0.3) is 0 Å². The summed E-state index contributed by atoms with van der Waals surface area (Å²) >= 11 is 1.76. The van der Waals surface area contributed by atoms with Crippen LogP contribution in [0.4, 0.5) is 0 Å². The van der Waals surface area contributed by atoms with Gasteiger partial charge in [0.1, 0.15) is 0 Å². The minimum atomic E-state index is 0.307. The SMILES string of the molecule is CC(C)C1=CSC2=NC(c3ccccc3)CN12. The lowest BCUT2D eigenvalue weighted by Crippen LogP contribution is -2.24. The van der Waals surface area contributed by atoms with Crippen molar-refractivity contribution in [3.8, 4) is 0 Å². The third-order valence-corrected chi connectivity index (χ3v) is 4.12. The van der Waals surface area contributed by atoms with E-state index in [0.29, 0.717) is 12.0 Å². The molecule has 1 atom stereocenters. The smallest absolute Gasteiger partial charge is 0.168 e. The van der Waals surface area contributed by atoms with Gasteiger partial charge in [-0.1, -0.05) is 55.9 Å². The maximum Gasteiger partial charge on any atom is 0.168 e. The summed E-state index contributed by atoms with van der Waals surface area (Å²) in [7, 11) is 0. The minimum absolute atomic E-state index is 0.307. The van der Waals surface area contributed by atoms with Crippen LogP contribution in [0, 0.1) is 5.92 Å². The lowest BCUT2D eigenvalue weighted by molar-refractivity contribution is 0.466. The highest BCUT2D eigenvalue weighted by Crippen LogP contribution is 2.38. The first-order valence-electron chi connectivity index (χ1n) is 6.02. The average Bonchev–Trinajstić information content (AvgIpc) is 2.88. The van der Waals surface area contributed by atoms with Crippen LogP contribution in [0.1, 0.15) is 25.5 Å². The molecule has 0 radical (unpaired) electrons. The van der Waals surface area contributed by atoms with Crippen molar-refractivity contribution < 1.29 is 0 Å². The first kappa shape index (κ1) is 10.9. The van der Waals surface area contributed by atoms with E-state index in [1.807, 2.05) is 0 Å². The molecule has 2 aliphatic rings. The lowest BCUT2D eigenvalue weighted by Gasteiger charge is -2.20. The van der Waals surface area contributed by atoms with Gasteiger partial charge in [-0.05, 0) is 16.9 Å². The Hall–Kier alpha value is -1.22. The third kappa shape index (κ3) is 1.89. The highest BCUT2D eigenvalue weighted by Gasteiger charge is 2.33. The molecule has 0 spiro atoms. The van der Waals surface area contributed by atoms with Crippen molar-refractivity contribution in [3.63, 3.8) is 0 Å². The number of allylic oxidation sites excluding steroid dienone is 1. The molecule has 1 aromatic rings. The van der Waals surface area contributed by atoms with E-state index >= 15 is 0 Å². The van der Waals surface area contributed by atoms with Crippen molar-refractivity contribution in [2.45, 2.75) is 19.9 Å². The summed E-state index contributed by atoms with van der Waals surface area (Å²) in [6.45, 7) is 5.48. The molecule has 1 aromatic carbocycles. The van der Waals surface area contributed by atoms with Crippen LogP contribution in [0.5, 0.6) is 0 Å². The second-order valence-corrected chi connectivity index (χ2v) is 5.60. The molecule has 88 valence electrons. The van der Waals surface area contributed by atoms with E-state index in [9.17, 15) is 0 Å². The zero-order valence-corrected chi connectivity index (χ0v) is 10.9. The number of thioether (sulfide) groups is 1. The quantitative estimate of drug-likeness (QED) is 0.789. The summed E-state index contributed by atoms with van der Waals surface area (Å²) in [6, 6.07) is 10.9. The van der Waals surface area contributed by atoms with Crippen LogP contribution in [0.2, 0.25) is 0 Å². The van der Waals surface area contributed by atoms with Crippen LogP contribution in [-0.2, 0) is 0 Å². The molecule has 0 fully saturated rings. The van der Waals surface area contributed by atoms with E-state index in [1.54, 1.807) is 11.8 Å². The molecule has 0 N–H and O–H groups in total. The van der Waals surface area contributed by atoms with E-state index in [2.05, 4.69) is 54.5 Å². The van der Waals surface area contributed by atoms with Gasteiger partial charge in [-0.3, -0.25) is 4.99 Å². The zero-order valence-electron chi connectivity index (χ0n) is 10.1. The Labute approximate surface area is 106 Å². The summed E-state index contributed by atoms with van der Waals surface area (Å²) in [4.78, 5) is 7.17. The number of benzene rings is 1. The van der Waals surface area contributed by atoms with E-state index in [0.717, 1.165) is 6.54 Å². The van der Waals surface area contributed by atoms with Crippen molar-refractivity contribution in [1.29, 1.82) is 0 Å². The number of rotatable bonds is 2.